The molecule has 7 nitrogen and oxygen atoms in total. The number of benzene rings is 1. The second-order valence-electron chi connectivity index (χ2n) is 5.28. The predicted molar refractivity (Wildman–Crippen MR) is 86.9 cm³/mol. The number of carbonyl (C=O) groups excluding carboxylic acids is 1. The van der Waals surface area contributed by atoms with Gasteiger partial charge in [-0.25, -0.2) is 0 Å². The third-order valence-corrected chi connectivity index (χ3v) is 4.90. The van der Waals surface area contributed by atoms with E-state index in [2.05, 4.69) is 0 Å². The van der Waals surface area contributed by atoms with Crippen LogP contribution < -0.4 is 0 Å². The molecule has 8 heteroatoms. The van der Waals surface area contributed by atoms with Crippen molar-refractivity contribution in [3.8, 4) is 0 Å². The molecule has 0 radical (unpaired) electrons. The maximum Gasteiger partial charge on any atom is 0.305 e. The molecular formula is C15H18N2O5S. The largest absolute Gasteiger partial charge is 0.481 e. The first-order valence-electron chi connectivity index (χ1n) is 7.31. The molecule has 1 amide bonds. The van der Waals surface area contributed by atoms with E-state index in [4.69, 9.17) is 5.11 Å². The normalized spacial score (nSPS) is 17.8. The fourth-order valence-corrected chi connectivity index (χ4v) is 3.69. The number of carbonyl (C=O) groups is 2. The zero-order valence-electron chi connectivity index (χ0n) is 12.7. The van der Waals surface area contributed by atoms with Gasteiger partial charge < -0.3 is 10.0 Å². The minimum Gasteiger partial charge on any atom is -0.481 e. The van der Waals surface area contributed by atoms with E-state index in [1.54, 1.807) is 23.9 Å². The van der Waals surface area contributed by atoms with Gasteiger partial charge in [0.1, 0.15) is 0 Å². The number of nitro benzene ring substituents is 1. The maximum atomic E-state index is 12.7. The monoisotopic (exact) mass is 338 g/mol. The number of aryl methyl sites for hydroxylation is 1. The van der Waals surface area contributed by atoms with E-state index in [1.165, 1.54) is 11.0 Å². The van der Waals surface area contributed by atoms with E-state index in [1.807, 2.05) is 6.92 Å². The van der Waals surface area contributed by atoms with Crippen LogP contribution in [0.3, 0.4) is 0 Å². The van der Waals surface area contributed by atoms with Crippen molar-refractivity contribution in [2.45, 2.75) is 25.8 Å². The molecule has 1 aromatic rings. The van der Waals surface area contributed by atoms with Crippen LogP contribution >= 0.6 is 11.8 Å². The molecule has 0 saturated carbocycles. The molecule has 1 aliphatic rings. The Morgan fingerprint density at radius 3 is 2.83 bits per heavy atom. The van der Waals surface area contributed by atoms with Crippen LogP contribution in [-0.2, 0) is 11.2 Å². The molecule has 1 aliphatic heterocycles. The summed E-state index contributed by atoms with van der Waals surface area (Å²) < 4.78 is 0. The van der Waals surface area contributed by atoms with Crippen LogP contribution in [0.25, 0.3) is 0 Å². The standard InChI is InChI=1S/C15H18N2O5S/c1-2-10-3-4-11(7-13(10)17(21)22)15(20)16-5-6-23-9-12(16)8-14(18)19/h3-4,7,12H,2,5-6,8-9H2,1H3,(H,18,19). The number of nitro groups is 1. The van der Waals surface area contributed by atoms with Crippen LogP contribution in [0.15, 0.2) is 18.2 Å². The van der Waals surface area contributed by atoms with Crippen molar-refractivity contribution in [3.05, 3.63) is 39.4 Å². The molecule has 1 fully saturated rings. The van der Waals surface area contributed by atoms with Gasteiger partial charge in [0.25, 0.3) is 11.6 Å². The maximum absolute atomic E-state index is 12.7. The molecule has 23 heavy (non-hydrogen) atoms. The molecule has 0 bridgehead atoms. The molecule has 2 rings (SSSR count). The molecule has 0 spiro atoms. The molecular weight excluding hydrogens is 320 g/mol. The number of amides is 1. The highest BCUT2D eigenvalue weighted by Gasteiger charge is 2.30. The van der Waals surface area contributed by atoms with Crippen LogP contribution in [0.1, 0.15) is 29.3 Å². The van der Waals surface area contributed by atoms with Gasteiger partial charge in [-0.05, 0) is 12.5 Å². The predicted octanol–water partition coefficient (Wildman–Crippen LogP) is 2.19. The zero-order chi connectivity index (χ0) is 17.0. The molecule has 1 aromatic carbocycles. The van der Waals surface area contributed by atoms with Crippen LogP contribution in [0.2, 0.25) is 0 Å². The van der Waals surface area contributed by atoms with Crippen molar-refractivity contribution >= 4 is 29.3 Å². The summed E-state index contributed by atoms with van der Waals surface area (Å²) in [5.74, 6) is -0.00520. The van der Waals surface area contributed by atoms with Gasteiger partial charge >= 0.3 is 5.97 Å². The number of thioether (sulfide) groups is 1. The highest BCUT2D eigenvalue weighted by Crippen LogP contribution is 2.25. The van der Waals surface area contributed by atoms with Gasteiger partial charge in [0.15, 0.2) is 0 Å². The van der Waals surface area contributed by atoms with Crippen LogP contribution in [-0.4, -0.2) is 50.9 Å². The summed E-state index contributed by atoms with van der Waals surface area (Å²) in [5.41, 5.74) is 0.735. The second-order valence-corrected chi connectivity index (χ2v) is 6.43. The van der Waals surface area contributed by atoms with Gasteiger partial charge in [-0.15, -0.1) is 0 Å². The first kappa shape index (κ1) is 17.3. The summed E-state index contributed by atoms with van der Waals surface area (Å²) in [7, 11) is 0. The number of nitrogens with zero attached hydrogens (tertiary/aromatic N) is 2. The van der Waals surface area contributed by atoms with Gasteiger partial charge in [-0.2, -0.15) is 11.8 Å². The number of hydrogen-bond acceptors (Lipinski definition) is 5. The molecule has 1 atom stereocenters. The quantitative estimate of drug-likeness (QED) is 0.652. The third kappa shape index (κ3) is 4.01. The summed E-state index contributed by atoms with van der Waals surface area (Å²) in [5, 5.41) is 20.1. The number of hydrogen-bond donors (Lipinski definition) is 1. The lowest BCUT2D eigenvalue weighted by molar-refractivity contribution is -0.385. The summed E-state index contributed by atoms with van der Waals surface area (Å²) in [6.45, 7) is 2.26. The van der Waals surface area contributed by atoms with Crippen LogP contribution in [0, 0.1) is 10.1 Å². The lowest BCUT2D eigenvalue weighted by Gasteiger charge is -2.34. The fourth-order valence-electron chi connectivity index (χ4n) is 2.62. The SMILES string of the molecule is CCc1ccc(C(=O)N2CCSCC2CC(=O)O)cc1[N+](=O)[O-]. The molecule has 1 N–H and O–H groups in total. The molecule has 0 aliphatic carbocycles. The number of aliphatic carboxylic acids is 1. The van der Waals surface area contributed by atoms with Crippen LogP contribution in [0.5, 0.6) is 0 Å². The Morgan fingerprint density at radius 1 is 1.48 bits per heavy atom. The molecule has 0 aromatic heterocycles. The van der Waals surface area contributed by atoms with Crippen molar-refractivity contribution in [2.75, 3.05) is 18.1 Å². The lowest BCUT2D eigenvalue weighted by atomic mass is 10.0. The Kier molecular flexibility index (Phi) is 5.59. The third-order valence-electron chi connectivity index (χ3n) is 3.81. The summed E-state index contributed by atoms with van der Waals surface area (Å²) >= 11 is 1.61. The minimum absolute atomic E-state index is 0.0699. The number of carboxylic acid groups (broad SMARTS) is 1. The Labute approximate surface area is 137 Å². The Bertz CT molecular complexity index is 634. The average Bonchev–Trinajstić information content (AvgIpc) is 2.53. The van der Waals surface area contributed by atoms with Crippen molar-refractivity contribution in [1.82, 2.24) is 4.90 Å². The molecule has 1 unspecified atom stereocenters. The molecule has 1 saturated heterocycles. The van der Waals surface area contributed by atoms with Crippen molar-refractivity contribution in [3.63, 3.8) is 0 Å². The van der Waals surface area contributed by atoms with E-state index in [9.17, 15) is 19.7 Å². The summed E-state index contributed by atoms with van der Waals surface area (Å²) in [6, 6.07) is 4.08. The van der Waals surface area contributed by atoms with Gasteiger partial charge in [-0.1, -0.05) is 13.0 Å². The zero-order valence-corrected chi connectivity index (χ0v) is 13.5. The molecule has 124 valence electrons. The van der Waals surface area contributed by atoms with Crippen molar-refractivity contribution < 1.29 is 19.6 Å². The Morgan fingerprint density at radius 2 is 2.22 bits per heavy atom. The summed E-state index contributed by atoms with van der Waals surface area (Å²) in [4.78, 5) is 35.8. The first-order chi connectivity index (χ1) is 10.9. The number of carboxylic acids is 1. The average molecular weight is 338 g/mol. The highest BCUT2D eigenvalue weighted by atomic mass is 32.2. The highest BCUT2D eigenvalue weighted by molar-refractivity contribution is 7.99. The van der Waals surface area contributed by atoms with E-state index in [-0.39, 0.29) is 29.6 Å². The van der Waals surface area contributed by atoms with Gasteiger partial charge in [0.05, 0.1) is 17.4 Å². The second kappa shape index (κ2) is 7.45. The first-order valence-corrected chi connectivity index (χ1v) is 8.47. The van der Waals surface area contributed by atoms with Crippen LogP contribution in [0.4, 0.5) is 5.69 Å². The Balaban J connectivity index is 2.29. The van der Waals surface area contributed by atoms with E-state index in [0.29, 0.717) is 24.3 Å². The lowest BCUT2D eigenvalue weighted by Crippen LogP contribution is -2.47. The van der Waals surface area contributed by atoms with Crippen molar-refractivity contribution in [2.24, 2.45) is 0 Å². The van der Waals surface area contributed by atoms with Gasteiger partial charge in [0.2, 0.25) is 0 Å². The summed E-state index contributed by atoms with van der Waals surface area (Å²) in [6.07, 6.45) is 0.390. The Hall–Kier alpha value is -2.09. The fraction of sp³-hybridized carbons (Fsp3) is 0.467. The van der Waals surface area contributed by atoms with Crippen molar-refractivity contribution in [1.29, 1.82) is 0 Å². The van der Waals surface area contributed by atoms with E-state index >= 15 is 0 Å². The van der Waals surface area contributed by atoms with Gasteiger partial charge in [0, 0.05) is 35.2 Å². The minimum atomic E-state index is -0.956. The topological polar surface area (TPSA) is 101 Å². The van der Waals surface area contributed by atoms with Gasteiger partial charge in [-0.3, -0.25) is 19.7 Å². The van der Waals surface area contributed by atoms with E-state index in [0.717, 1.165) is 5.75 Å². The molecule has 1 heterocycles. The number of rotatable bonds is 5. The van der Waals surface area contributed by atoms with E-state index < -0.39 is 10.9 Å². The smallest absolute Gasteiger partial charge is 0.305 e.